The molecule has 1 radical (unpaired) electrons. The summed E-state index contributed by atoms with van der Waals surface area (Å²) in [6.07, 6.45) is 0.0588. The molecule has 0 atom stereocenters. The SMILES string of the molecule is C/C([S-])=C(/[S-])CCS(=O)(=O)N(C)S(=O)(=O)c1ccccc1.C/C([S-])=C(/[S-])CCS(=O)(=O)N(C)S(=O)(=O)c1ccccc1.[Cu]. The first-order valence-corrected chi connectivity index (χ1v) is 19.5. The van der Waals surface area contributed by atoms with Crippen LogP contribution in [0.3, 0.4) is 0 Å². The van der Waals surface area contributed by atoms with Gasteiger partial charge in [-0.1, -0.05) is 57.7 Å². The molecule has 43 heavy (non-hydrogen) atoms. The van der Waals surface area contributed by atoms with Gasteiger partial charge in [-0.15, -0.1) is 0 Å². The van der Waals surface area contributed by atoms with Crippen LogP contribution in [0.15, 0.2) is 90.1 Å². The van der Waals surface area contributed by atoms with Crippen molar-refractivity contribution in [2.24, 2.45) is 0 Å². The Kier molecular flexibility index (Phi) is 17.3. The molecule has 19 heteroatoms. The summed E-state index contributed by atoms with van der Waals surface area (Å²) in [7, 11) is -14.1. The van der Waals surface area contributed by atoms with Gasteiger partial charge in [0.1, 0.15) is 0 Å². The van der Waals surface area contributed by atoms with Crippen LogP contribution in [0, 0.1) is 0 Å². The molecule has 2 aromatic rings. The summed E-state index contributed by atoms with van der Waals surface area (Å²) in [4.78, 5) is 1.41. The normalized spacial score (nSPS) is 13.7. The Labute approximate surface area is 288 Å². The Morgan fingerprint density at radius 3 is 1.05 bits per heavy atom. The Morgan fingerprint density at radius 1 is 0.558 bits per heavy atom. The third kappa shape index (κ3) is 12.4. The van der Waals surface area contributed by atoms with Gasteiger partial charge in [-0.2, -0.15) is 0 Å². The zero-order valence-corrected chi connectivity index (χ0v) is 30.8. The molecule has 2 rings (SSSR count). The van der Waals surface area contributed by atoms with E-state index < -0.39 is 51.6 Å². The number of rotatable bonds is 12. The van der Waals surface area contributed by atoms with Crippen molar-refractivity contribution in [3.63, 3.8) is 0 Å². The molecule has 0 aliphatic rings. The summed E-state index contributed by atoms with van der Waals surface area (Å²) >= 11 is 19.6. The summed E-state index contributed by atoms with van der Waals surface area (Å²) in [6, 6.07) is 14.8. The van der Waals surface area contributed by atoms with Crippen LogP contribution in [0.1, 0.15) is 26.7 Å². The summed E-state index contributed by atoms with van der Waals surface area (Å²) in [5.41, 5.74) is 0. The largest absolute Gasteiger partial charge is 0.786 e. The van der Waals surface area contributed by atoms with Crippen LogP contribution in [0.5, 0.6) is 0 Å². The van der Waals surface area contributed by atoms with Gasteiger partial charge in [-0.3, -0.25) is 0 Å². The second-order valence-corrected chi connectivity index (χ2v) is 19.3. The number of hydrogen-bond donors (Lipinski definition) is 0. The average molecular weight is 795 g/mol. The van der Waals surface area contributed by atoms with Crippen molar-refractivity contribution in [1.29, 1.82) is 0 Å². The first-order chi connectivity index (χ1) is 19.2. The number of hydrogen-bond acceptors (Lipinski definition) is 12. The summed E-state index contributed by atoms with van der Waals surface area (Å²) in [5, 5.41) is 0. The van der Waals surface area contributed by atoms with Crippen LogP contribution < -0.4 is 0 Å². The zero-order valence-electron chi connectivity index (χ0n) is 23.3. The van der Waals surface area contributed by atoms with Gasteiger partial charge in [-0.05, 0) is 37.1 Å². The van der Waals surface area contributed by atoms with Crippen molar-refractivity contribution in [3.8, 4) is 0 Å². The molecule has 0 amide bonds. The monoisotopic (exact) mass is 793 g/mol. The quantitative estimate of drug-likeness (QED) is 0.231. The molecule has 0 aliphatic heterocycles. The van der Waals surface area contributed by atoms with Crippen LogP contribution >= 0.6 is 0 Å². The van der Waals surface area contributed by atoms with E-state index >= 15 is 0 Å². The molecule has 0 N–H and O–H groups in total. The minimum absolute atomic E-state index is 0. The number of allylic oxidation sites excluding steroid dienone is 4. The fourth-order valence-corrected chi connectivity index (χ4v) is 9.89. The van der Waals surface area contributed by atoms with Crippen LogP contribution in [0.25, 0.3) is 0 Å². The zero-order chi connectivity index (χ0) is 32.5. The second-order valence-electron chi connectivity index (χ2n) is 8.49. The minimum Gasteiger partial charge on any atom is -0.786 e. The molecule has 0 heterocycles. The maximum atomic E-state index is 12.2. The van der Waals surface area contributed by atoms with E-state index in [4.69, 9.17) is 50.5 Å². The van der Waals surface area contributed by atoms with Gasteiger partial charge in [-0.25, -0.2) is 53.3 Å². The smallest absolute Gasteiger partial charge is 0.255 e. The molecule has 0 aromatic heterocycles. The van der Waals surface area contributed by atoms with Crippen molar-refractivity contribution < 1.29 is 50.7 Å². The van der Waals surface area contributed by atoms with Gasteiger partial charge in [0.15, 0.2) is 0 Å². The molecule has 0 bridgehead atoms. The molecule has 0 aliphatic carbocycles. The molecule has 0 unspecified atom stereocenters. The van der Waals surface area contributed by atoms with Gasteiger partial charge in [0, 0.05) is 31.2 Å². The second kappa shape index (κ2) is 17.7. The molecule has 10 nitrogen and oxygen atoms in total. The Morgan fingerprint density at radius 2 is 0.814 bits per heavy atom. The van der Waals surface area contributed by atoms with Crippen molar-refractivity contribution in [2.45, 2.75) is 36.5 Å². The standard InChI is InChI=1S/2C12H17NO4S4.Cu/c2*1-10(18)12(19)8-9-20(14,15)13(2)21(16,17)11-6-4-3-5-7-11;/h2*3-7,18-19H,8-9H2,1-2H3;/p-4/b2*12-10-;. The van der Waals surface area contributed by atoms with Crippen LogP contribution in [-0.4, -0.2) is 66.7 Å². The number of nitrogens with zero attached hydrogens (tertiary/aromatic N) is 2. The van der Waals surface area contributed by atoms with Crippen molar-refractivity contribution in [1.82, 2.24) is 7.42 Å². The fourth-order valence-electron chi connectivity index (χ4n) is 2.83. The third-order valence-corrected chi connectivity index (χ3v) is 15.9. The van der Waals surface area contributed by atoms with E-state index in [9.17, 15) is 33.7 Å². The molecule has 2 aromatic carbocycles. The number of sulfonamides is 4. The van der Waals surface area contributed by atoms with E-state index in [1.54, 1.807) is 26.0 Å². The van der Waals surface area contributed by atoms with Crippen LogP contribution in [-0.2, 0) is 108 Å². The molecule has 0 spiro atoms. The Hall–Kier alpha value is -0.961. The summed E-state index contributed by atoms with van der Waals surface area (Å²) in [6.45, 7) is 3.21. The predicted octanol–water partition coefficient (Wildman–Crippen LogP) is 2.70. The Balaban J connectivity index is 0.000000802. The maximum absolute atomic E-state index is 12.2. The van der Waals surface area contributed by atoms with E-state index in [1.165, 1.54) is 48.5 Å². The van der Waals surface area contributed by atoms with Gasteiger partial charge in [0.2, 0.25) is 20.0 Å². The predicted molar refractivity (Wildman–Crippen MR) is 174 cm³/mol. The van der Waals surface area contributed by atoms with E-state index in [0.717, 1.165) is 14.1 Å². The van der Waals surface area contributed by atoms with E-state index in [2.05, 4.69) is 0 Å². The number of benzene rings is 2. The van der Waals surface area contributed by atoms with Gasteiger partial charge < -0.3 is 50.5 Å². The average Bonchev–Trinajstić information content (AvgIpc) is 2.94. The molecule has 0 saturated heterocycles. The topological polar surface area (TPSA) is 143 Å². The third-order valence-electron chi connectivity index (χ3n) is 5.50. The Bertz CT molecular complexity index is 1580. The minimum atomic E-state index is -4.10. The molecular formula is C24H30CuN2O8S8-4. The van der Waals surface area contributed by atoms with E-state index in [1.807, 2.05) is 0 Å². The van der Waals surface area contributed by atoms with E-state index in [0.29, 0.717) is 27.0 Å². The molecule has 247 valence electrons. The molecule has 0 fully saturated rings. The van der Waals surface area contributed by atoms with E-state index in [-0.39, 0.29) is 39.7 Å². The van der Waals surface area contributed by atoms with Gasteiger partial charge >= 0.3 is 0 Å². The first kappa shape index (κ1) is 42.0. The van der Waals surface area contributed by atoms with Crippen molar-refractivity contribution in [3.05, 3.63) is 80.3 Å². The van der Waals surface area contributed by atoms with Crippen molar-refractivity contribution in [2.75, 3.05) is 25.6 Å². The van der Waals surface area contributed by atoms with Crippen molar-refractivity contribution >= 4 is 90.6 Å². The molecule has 0 saturated carbocycles. The summed E-state index contributed by atoms with van der Waals surface area (Å²) < 4.78 is 98.2. The maximum Gasteiger partial charge on any atom is 0.255 e. The van der Waals surface area contributed by atoms with Crippen LogP contribution in [0.4, 0.5) is 0 Å². The molecular weight excluding hydrogens is 764 g/mol. The van der Waals surface area contributed by atoms with Crippen LogP contribution in [0.2, 0.25) is 0 Å². The summed E-state index contributed by atoms with van der Waals surface area (Å²) in [5.74, 6) is -0.801. The van der Waals surface area contributed by atoms with Gasteiger partial charge in [0.05, 0.1) is 21.3 Å². The van der Waals surface area contributed by atoms with Gasteiger partial charge in [0.25, 0.3) is 20.0 Å². The fraction of sp³-hybridized carbons (Fsp3) is 0.333. The first-order valence-electron chi connectivity index (χ1n) is 11.8.